The molecule has 0 saturated carbocycles. The Bertz CT molecular complexity index is 966. The van der Waals surface area contributed by atoms with Crippen LogP contribution in [-0.2, 0) is 0 Å². The van der Waals surface area contributed by atoms with Crippen LogP contribution in [-0.4, -0.2) is 49.2 Å². The summed E-state index contributed by atoms with van der Waals surface area (Å²) in [5.74, 6) is -0.00889. The lowest BCUT2D eigenvalue weighted by molar-refractivity contribution is 0.268. The highest BCUT2D eigenvalue weighted by Crippen LogP contribution is 2.32. The summed E-state index contributed by atoms with van der Waals surface area (Å²) in [6.07, 6.45) is 2.50. The van der Waals surface area contributed by atoms with E-state index in [1.807, 2.05) is 20.2 Å². The van der Waals surface area contributed by atoms with E-state index in [1.165, 1.54) is 6.07 Å². The van der Waals surface area contributed by atoms with Gasteiger partial charge in [0.2, 0.25) is 5.95 Å². The van der Waals surface area contributed by atoms with Gasteiger partial charge in [-0.2, -0.15) is 0 Å². The zero-order chi connectivity index (χ0) is 20.1. The van der Waals surface area contributed by atoms with Gasteiger partial charge in [-0.3, -0.25) is 0 Å². The Morgan fingerprint density at radius 2 is 1.93 bits per heavy atom. The average Bonchev–Trinajstić information content (AvgIpc) is 2.66. The van der Waals surface area contributed by atoms with E-state index in [0.717, 1.165) is 30.5 Å². The summed E-state index contributed by atoms with van der Waals surface area (Å²) < 4.78 is 38.1. The van der Waals surface area contributed by atoms with Crippen molar-refractivity contribution in [2.24, 2.45) is 0 Å². The number of halogens is 2. The van der Waals surface area contributed by atoms with Gasteiger partial charge in [-0.05, 0) is 38.7 Å². The van der Waals surface area contributed by atoms with Gasteiger partial charge in [-0.15, -0.1) is 0 Å². The van der Waals surface area contributed by atoms with Gasteiger partial charge >= 0.3 is 0 Å². The molecule has 0 amide bonds. The zero-order valence-corrected chi connectivity index (χ0v) is 16.0. The highest BCUT2D eigenvalue weighted by atomic mass is 19.1. The van der Waals surface area contributed by atoms with Crippen LogP contribution in [0.2, 0.25) is 0 Å². The fourth-order valence-electron chi connectivity index (χ4n) is 2.65. The molecule has 3 rings (SSSR count). The number of methoxy groups -OCH3 is 1. The number of hydrogen-bond acceptors (Lipinski definition) is 6. The second-order valence-electron chi connectivity index (χ2n) is 6.51. The van der Waals surface area contributed by atoms with Crippen LogP contribution in [0.25, 0.3) is 10.9 Å². The average molecular weight is 388 g/mol. The number of rotatable bonds is 8. The summed E-state index contributed by atoms with van der Waals surface area (Å²) in [4.78, 5) is 10.7. The monoisotopic (exact) mass is 388 g/mol. The maximum atomic E-state index is 13.8. The van der Waals surface area contributed by atoms with Gasteiger partial charge in [0.1, 0.15) is 11.6 Å². The second kappa shape index (κ2) is 8.79. The zero-order valence-electron chi connectivity index (χ0n) is 16.0. The molecule has 1 N–H and O–H groups in total. The lowest BCUT2D eigenvalue weighted by atomic mass is 10.2. The lowest BCUT2D eigenvalue weighted by Gasteiger charge is -2.14. The van der Waals surface area contributed by atoms with Gasteiger partial charge in [-0.1, -0.05) is 0 Å². The number of hydrogen-bond donors (Lipinski definition) is 1. The summed E-state index contributed by atoms with van der Waals surface area (Å²) in [6.45, 7) is 1.48. The molecule has 6 nitrogen and oxygen atoms in total. The molecule has 0 atom stereocenters. The van der Waals surface area contributed by atoms with Crippen molar-refractivity contribution in [2.75, 3.05) is 39.7 Å². The standard InChI is InChI=1S/C20H22F2N4O2/c1-26(2)7-4-8-28-19-9-13-12-23-20(25-17(13)11-18(19)27-3)24-16-6-5-14(21)10-15(16)22/h5-6,9-12H,4,7-8H2,1-3H3,(H,23,24,25). The first-order valence-electron chi connectivity index (χ1n) is 8.80. The van der Waals surface area contributed by atoms with E-state index in [1.54, 1.807) is 19.4 Å². The molecular weight excluding hydrogens is 366 g/mol. The molecule has 1 heterocycles. The Kier molecular flexibility index (Phi) is 6.20. The number of fused-ring (bicyclic) bond motifs is 1. The summed E-state index contributed by atoms with van der Waals surface area (Å²) in [6, 6.07) is 6.81. The molecular formula is C20H22F2N4O2. The molecule has 0 aliphatic rings. The van der Waals surface area contributed by atoms with Crippen molar-refractivity contribution in [1.82, 2.24) is 14.9 Å². The topological polar surface area (TPSA) is 59.5 Å². The third kappa shape index (κ3) is 4.83. The van der Waals surface area contributed by atoms with Gasteiger partial charge in [0.25, 0.3) is 0 Å². The third-order valence-corrected chi connectivity index (χ3v) is 4.05. The van der Waals surface area contributed by atoms with Gasteiger partial charge in [-0.25, -0.2) is 18.7 Å². The highest BCUT2D eigenvalue weighted by molar-refractivity contribution is 5.83. The van der Waals surface area contributed by atoms with Crippen LogP contribution in [0.5, 0.6) is 11.5 Å². The Labute approximate surface area is 162 Å². The van der Waals surface area contributed by atoms with Gasteiger partial charge in [0.15, 0.2) is 11.5 Å². The number of anilines is 2. The Morgan fingerprint density at radius 3 is 2.64 bits per heavy atom. The largest absolute Gasteiger partial charge is 0.493 e. The minimum absolute atomic E-state index is 0.0913. The number of nitrogens with zero attached hydrogens (tertiary/aromatic N) is 3. The Balaban J connectivity index is 1.80. The van der Waals surface area contributed by atoms with Crippen LogP contribution in [0.15, 0.2) is 36.5 Å². The van der Waals surface area contributed by atoms with Gasteiger partial charge < -0.3 is 19.7 Å². The highest BCUT2D eigenvalue weighted by Gasteiger charge is 2.11. The smallest absolute Gasteiger partial charge is 0.227 e. The fourth-order valence-corrected chi connectivity index (χ4v) is 2.65. The summed E-state index contributed by atoms with van der Waals surface area (Å²) in [7, 11) is 5.58. The number of ether oxygens (including phenoxy) is 2. The van der Waals surface area contributed by atoms with Crippen LogP contribution in [0.3, 0.4) is 0 Å². The fraction of sp³-hybridized carbons (Fsp3) is 0.300. The van der Waals surface area contributed by atoms with Crippen LogP contribution >= 0.6 is 0 Å². The predicted octanol–water partition coefficient (Wildman–Crippen LogP) is 3.99. The molecule has 148 valence electrons. The van der Waals surface area contributed by atoms with E-state index < -0.39 is 11.6 Å². The molecule has 0 unspecified atom stereocenters. The summed E-state index contributed by atoms with van der Waals surface area (Å²) in [5.41, 5.74) is 0.700. The van der Waals surface area contributed by atoms with E-state index in [9.17, 15) is 8.78 Å². The predicted molar refractivity (Wildman–Crippen MR) is 104 cm³/mol. The summed E-state index contributed by atoms with van der Waals surface area (Å²) in [5, 5.41) is 3.51. The van der Waals surface area contributed by atoms with E-state index in [2.05, 4.69) is 20.2 Å². The Hall–Kier alpha value is -3.00. The van der Waals surface area contributed by atoms with Crippen LogP contribution < -0.4 is 14.8 Å². The SMILES string of the molecule is COc1cc2nc(Nc3ccc(F)cc3F)ncc2cc1OCCCN(C)C. The lowest BCUT2D eigenvalue weighted by Crippen LogP contribution is -2.15. The quantitative estimate of drug-likeness (QED) is 0.589. The molecule has 8 heteroatoms. The maximum absolute atomic E-state index is 13.8. The van der Waals surface area contributed by atoms with Crippen molar-refractivity contribution in [1.29, 1.82) is 0 Å². The van der Waals surface area contributed by atoms with Gasteiger partial charge in [0.05, 0.1) is 24.9 Å². The van der Waals surface area contributed by atoms with E-state index in [4.69, 9.17) is 9.47 Å². The molecule has 0 fully saturated rings. The third-order valence-electron chi connectivity index (χ3n) is 4.05. The van der Waals surface area contributed by atoms with Crippen molar-refractivity contribution in [2.45, 2.75) is 6.42 Å². The minimum Gasteiger partial charge on any atom is -0.493 e. The molecule has 28 heavy (non-hydrogen) atoms. The molecule has 0 aliphatic carbocycles. The summed E-state index contributed by atoms with van der Waals surface area (Å²) >= 11 is 0. The molecule has 1 aromatic heterocycles. The molecule has 0 spiro atoms. The van der Waals surface area contributed by atoms with Crippen molar-refractivity contribution >= 4 is 22.5 Å². The molecule has 2 aromatic carbocycles. The van der Waals surface area contributed by atoms with E-state index in [0.29, 0.717) is 23.6 Å². The normalized spacial score (nSPS) is 11.1. The van der Waals surface area contributed by atoms with Gasteiger partial charge in [0, 0.05) is 30.3 Å². The van der Waals surface area contributed by atoms with E-state index in [-0.39, 0.29) is 11.6 Å². The molecule has 0 radical (unpaired) electrons. The number of aromatic nitrogens is 2. The number of benzene rings is 2. The molecule has 3 aromatic rings. The Morgan fingerprint density at radius 1 is 1.11 bits per heavy atom. The molecule has 0 bridgehead atoms. The maximum Gasteiger partial charge on any atom is 0.227 e. The van der Waals surface area contributed by atoms with E-state index >= 15 is 0 Å². The molecule has 0 saturated heterocycles. The van der Waals surface area contributed by atoms with Crippen LogP contribution in [0.1, 0.15) is 6.42 Å². The van der Waals surface area contributed by atoms with Crippen molar-refractivity contribution in [3.05, 3.63) is 48.2 Å². The van der Waals surface area contributed by atoms with Crippen molar-refractivity contribution < 1.29 is 18.3 Å². The first kappa shape index (κ1) is 19.8. The minimum atomic E-state index is -0.720. The molecule has 0 aliphatic heterocycles. The van der Waals surface area contributed by atoms with Crippen LogP contribution in [0.4, 0.5) is 20.4 Å². The van der Waals surface area contributed by atoms with Crippen molar-refractivity contribution in [3.8, 4) is 11.5 Å². The second-order valence-corrected chi connectivity index (χ2v) is 6.51. The number of nitrogens with one attached hydrogen (secondary N) is 1. The first-order valence-corrected chi connectivity index (χ1v) is 8.80. The van der Waals surface area contributed by atoms with Crippen molar-refractivity contribution in [3.63, 3.8) is 0 Å². The van der Waals surface area contributed by atoms with Crippen LogP contribution in [0, 0.1) is 11.6 Å². The first-order chi connectivity index (χ1) is 13.5.